The summed E-state index contributed by atoms with van der Waals surface area (Å²) in [6, 6.07) is 6.58. The van der Waals surface area contributed by atoms with Crippen LogP contribution in [0.4, 0.5) is 4.39 Å². The van der Waals surface area contributed by atoms with Crippen molar-refractivity contribution >= 4 is 29.9 Å². The average molecular weight is 474 g/mol. The van der Waals surface area contributed by atoms with Gasteiger partial charge in [-0.25, -0.2) is 9.38 Å². The maximum Gasteiger partial charge on any atom is 0.191 e. The van der Waals surface area contributed by atoms with Gasteiger partial charge in [-0.3, -0.25) is 0 Å². The molecule has 2 N–H and O–H groups in total. The van der Waals surface area contributed by atoms with Crippen LogP contribution in [0.15, 0.2) is 33.8 Å². The van der Waals surface area contributed by atoms with Gasteiger partial charge in [0.1, 0.15) is 11.6 Å². The van der Waals surface area contributed by atoms with Gasteiger partial charge in [-0.1, -0.05) is 31.1 Å². The first-order chi connectivity index (χ1) is 12.2. The predicted octanol–water partition coefficient (Wildman–Crippen LogP) is 3.85. The second-order valence-corrected chi connectivity index (χ2v) is 5.74. The van der Waals surface area contributed by atoms with Crippen molar-refractivity contribution in [3.63, 3.8) is 0 Å². The van der Waals surface area contributed by atoms with Crippen LogP contribution in [0.1, 0.15) is 43.4 Å². The van der Waals surface area contributed by atoms with Gasteiger partial charge < -0.3 is 15.2 Å². The molecule has 0 atom stereocenters. The number of aryl methyl sites for hydroxylation is 2. The predicted molar refractivity (Wildman–Crippen MR) is 114 cm³/mol. The zero-order valence-electron chi connectivity index (χ0n) is 15.6. The van der Waals surface area contributed by atoms with Gasteiger partial charge >= 0.3 is 0 Å². The molecule has 0 aliphatic rings. The van der Waals surface area contributed by atoms with Crippen LogP contribution in [-0.2, 0) is 25.8 Å². The van der Waals surface area contributed by atoms with Gasteiger partial charge in [-0.05, 0) is 37.5 Å². The quantitative estimate of drug-likeness (QED) is 0.347. The van der Waals surface area contributed by atoms with E-state index in [1.165, 1.54) is 12.1 Å². The summed E-state index contributed by atoms with van der Waals surface area (Å²) in [6.45, 7) is 8.21. The van der Waals surface area contributed by atoms with Crippen molar-refractivity contribution < 1.29 is 8.91 Å². The third-order valence-corrected chi connectivity index (χ3v) is 3.97. The molecule has 144 valence electrons. The Kier molecular flexibility index (Phi) is 10.2. The van der Waals surface area contributed by atoms with Gasteiger partial charge in [0.25, 0.3) is 0 Å². The molecule has 0 unspecified atom stereocenters. The first-order valence-corrected chi connectivity index (χ1v) is 8.90. The van der Waals surface area contributed by atoms with E-state index in [-0.39, 0.29) is 29.8 Å². The smallest absolute Gasteiger partial charge is 0.191 e. The third-order valence-electron chi connectivity index (χ3n) is 3.97. The van der Waals surface area contributed by atoms with Crippen LogP contribution in [0.25, 0.3) is 0 Å². The molecule has 0 fully saturated rings. The number of nitrogens with zero attached hydrogens (tertiary/aromatic N) is 2. The molecule has 2 aromatic rings. The summed E-state index contributed by atoms with van der Waals surface area (Å²) in [5.74, 6) is 1.46. The van der Waals surface area contributed by atoms with Crippen LogP contribution < -0.4 is 10.6 Å². The zero-order chi connectivity index (χ0) is 18.1. The minimum Gasteiger partial charge on any atom is -0.361 e. The van der Waals surface area contributed by atoms with Gasteiger partial charge in [0.15, 0.2) is 5.96 Å². The molecule has 0 bridgehead atoms. The minimum absolute atomic E-state index is 0. The van der Waals surface area contributed by atoms with E-state index in [1.54, 1.807) is 12.1 Å². The topological polar surface area (TPSA) is 62.5 Å². The Labute approximate surface area is 171 Å². The van der Waals surface area contributed by atoms with E-state index in [4.69, 9.17) is 4.52 Å². The summed E-state index contributed by atoms with van der Waals surface area (Å²) in [5.41, 5.74) is 3.15. The number of aromatic nitrogens is 1. The number of hydrogen-bond donors (Lipinski definition) is 2. The lowest BCUT2D eigenvalue weighted by Crippen LogP contribution is -2.38. The highest BCUT2D eigenvalue weighted by atomic mass is 127. The highest BCUT2D eigenvalue weighted by Crippen LogP contribution is 2.16. The SMILES string of the molecule is CCNC(=NCc1c(CC)noc1CC)NCCc1ccc(F)cc1.I. The minimum atomic E-state index is -0.209. The van der Waals surface area contributed by atoms with Crippen molar-refractivity contribution in [2.75, 3.05) is 13.1 Å². The summed E-state index contributed by atoms with van der Waals surface area (Å²) in [5, 5.41) is 10.7. The Hall–Kier alpha value is -1.64. The molecule has 0 aliphatic heterocycles. The van der Waals surface area contributed by atoms with E-state index >= 15 is 0 Å². The molecule has 7 heteroatoms. The van der Waals surface area contributed by atoms with Crippen LogP contribution in [0.2, 0.25) is 0 Å². The Balaban J connectivity index is 0.00000338. The molecule has 0 saturated carbocycles. The van der Waals surface area contributed by atoms with Crippen molar-refractivity contribution in [3.05, 3.63) is 52.7 Å². The van der Waals surface area contributed by atoms with E-state index in [1.807, 2.05) is 6.92 Å². The lowest BCUT2D eigenvalue weighted by molar-refractivity contribution is 0.380. The first-order valence-electron chi connectivity index (χ1n) is 8.90. The number of halogens is 2. The van der Waals surface area contributed by atoms with Crippen molar-refractivity contribution in [2.24, 2.45) is 4.99 Å². The summed E-state index contributed by atoms with van der Waals surface area (Å²) >= 11 is 0. The fraction of sp³-hybridized carbons (Fsp3) is 0.474. The second-order valence-electron chi connectivity index (χ2n) is 5.74. The molecule has 26 heavy (non-hydrogen) atoms. The van der Waals surface area contributed by atoms with Gasteiger partial charge in [-0.15, -0.1) is 24.0 Å². The van der Waals surface area contributed by atoms with Crippen molar-refractivity contribution in [1.29, 1.82) is 0 Å². The van der Waals surface area contributed by atoms with E-state index in [9.17, 15) is 4.39 Å². The van der Waals surface area contributed by atoms with Crippen LogP contribution in [-0.4, -0.2) is 24.2 Å². The van der Waals surface area contributed by atoms with E-state index in [0.717, 1.165) is 60.9 Å². The standard InChI is InChI=1S/C19H27FN4O.HI/c1-4-17-16(18(5-2)25-24-17)13-23-19(21-6-3)22-12-11-14-7-9-15(20)10-8-14;/h7-10H,4-6,11-13H2,1-3H3,(H2,21,22,23);1H. The molecule has 0 amide bonds. The van der Waals surface area contributed by atoms with Crippen molar-refractivity contribution in [1.82, 2.24) is 15.8 Å². The monoisotopic (exact) mass is 474 g/mol. The van der Waals surface area contributed by atoms with E-state index in [2.05, 4.69) is 34.6 Å². The van der Waals surface area contributed by atoms with E-state index < -0.39 is 0 Å². The molecule has 1 aromatic heterocycles. The summed E-state index contributed by atoms with van der Waals surface area (Å²) in [6.07, 6.45) is 2.45. The van der Waals surface area contributed by atoms with Crippen LogP contribution >= 0.6 is 24.0 Å². The largest absolute Gasteiger partial charge is 0.361 e. The molecule has 0 aliphatic carbocycles. The zero-order valence-corrected chi connectivity index (χ0v) is 18.0. The highest BCUT2D eigenvalue weighted by molar-refractivity contribution is 14.0. The number of rotatable bonds is 8. The molecule has 2 rings (SSSR count). The van der Waals surface area contributed by atoms with Crippen LogP contribution in [0.3, 0.4) is 0 Å². The number of benzene rings is 1. The van der Waals surface area contributed by atoms with E-state index in [0.29, 0.717) is 6.54 Å². The maximum absolute atomic E-state index is 12.9. The summed E-state index contributed by atoms with van der Waals surface area (Å²) in [7, 11) is 0. The maximum atomic E-state index is 12.9. The fourth-order valence-electron chi connectivity index (χ4n) is 2.59. The van der Waals surface area contributed by atoms with Crippen LogP contribution in [0.5, 0.6) is 0 Å². The highest BCUT2D eigenvalue weighted by Gasteiger charge is 2.13. The summed E-state index contributed by atoms with van der Waals surface area (Å²) in [4.78, 5) is 4.65. The average Bonchev–Trinajstić information content (AvgIpc) is 3.03. The molecular formula is C19H28FIN4O. The van der Waals surface area contributed by atoms with Gasteiger partial charge in [0, 0.05) is 25.1 Å². The molecule has 5 nitrogen and oxygen atoms in total. The van der Waals surface area contributed by atoms with Gasteiger partial charge in [0.2, 0.25) is 0 Å². The number of hydrogen-bond acceptors (Lipinski definition) is 3. The molecular weight excluding hydrogens is 446 g/mol. The molecule has 0 radical (unpaired) electrons. The lowest BCUT2D eigenvalue weighted by Gasteiger charge is -2.11. The fourth-order valence-corrected chi connectivity index (χ4v) is 2.59. The second kappa shape index (κ2) is 11.9. The molecule has 0 spiro atoms. The Morgan fingerprint density at radius 2 is 1.85 bits per heavy atom. The Bertz CT molecular complexity index is 664. The number of aliphatic imine (C=N–C) groups is 1. The molecule has 1 aromatic carbocycles. The molecule has 1 heterocycles. The van der Waals surface area contributed by atoms with Gasteiger partial charge in [-0.2, -0.15) is 0 Å². The lowest BCUT2D eigenvalue weighted by atomic mass is 10.1. The normalized spacial score (nSPS) is 11.2. The summed E-state index contributed by atoms with van der Waals surface area (Å²) < 4.78 is 18.3. The third kappa shape index (κ3) is 6.59. The first kappa shape index (κ1) is 22.4. The Morgan fingerprint density at radius 1 is 1.12 bits per heavy atom. The van der Waals surface area contributed by atoms with Crippen LogP contribution in [0, 0.1) is 5.82 Å². The van der Waals surface area contributed by atoms with Crippen molar-refractivity contribution in [2.45, 2.75) is 46.6 Å². The number of nitrogens with one attached hydrogen (secondary N) is 2. The number of guanidine groups is 1. The Morgan fingerprint density at radius 3 is 2.46 bits per heavy atom. The van der Waals surface area contributed by atoms with Crippen molar-refractivity contribution in [3.8, 4) is 0 Å². The molecule has 0 saturated heterocycles. The van der Waals surface area contributed by atoms with Gasteiger partial charge in [0.05, 0.1) is 12.2 Å².